The van der Waals surface area contributed by atoms with Gasteiger partial charge in [0.05, 0.1) is 18.8 Å². The summed E-state index contributed by atoms with van der Waals surface area (Å²) in [6.07, 6.45) is 0.381. The number of amides is 1. The zero-order chi connectivity index (χ0) is 21.8. The number of pyridine rings is 1. The van der Waals surface area contributed by atoms with Crippen LogP contribution in [0.15, 0.2) is 47.0 Å². The third-order valence-electron chi connectivity index (χ3n) is 5.07. The fourth-order valence-corrected chi connectivity index (χ4v) is 3.75. The molecule has 1 aliphatic rings. The van der Waals surface area contributed by atoms with Crippen molar-refractivity contribution in [3.05, 3.63) is 76.6 Å². The van der Waals surface area contributed by atoms with Gasteiger partial charge in [-0.2, -0.15) is 0 Å². The molecular weight excluding hydrogens is 399 g/mol. The maximum Gasteiger partial charge on any atom is 0.239 e. The Kier molecular flexibility index (Phi) is 6.39. The summed E-state index contributed by atoms with van der Waals surface area (Å²) in [6, 6.07) is 12.3. The predicted molar refractivity (Wildman–Crippen MR) is 113 cm³/mol. The van der Waals surface area contributed by atoms with Crippen molar-refractivity contribution in [3.8, 4) is 0 Å². The highest BCUT2D eigenvalue weighted by atomic mass is 19.1. The number of anilines is 1. The van der Waals surface area contributed by atoms with Gasteiger partial charge in [-0.25, -0.2) is 4.39 Å². The lowest BCUT2D eigenvalue weighted by Gasteiger charge is -2.32. The lowest BCUT2D eigenvalue weighted by molar-refractivity contribution is -0.119. The van der Waals surface area contributed by atoms with Crippen LogP contribution >= 0.6 is 0 Å². The molecule has 8 heteroatoms. The van der Waals surface area contributed by atoms with Crippen LogP contribution in [0, 0.1) is 19.7 Å². The minimum absolute atomic E-state index is 0.155. The number of hydrogen-bond donors (Lipinski definition) is 1. The molecule has 2 aromatic heterocycles. The van der Waals surface area contributed by atoms with Crippen LogP contribution in [0.4, 0.5) is 10.2 Å². The highest BCUT2D eigenvalue weighted by molar-refractivity contribution is 5.91. The van der Waals surface area contributed by atoms with Crippen molar-refractivity contribution in [2.24, 2.45) is 0 Å². The van der Waals surface area contributed by atoms with Gasteiger partial charge in [0, 0.05) is 24.8 Å². The van der Waals surface area contributed by atoms with E-state index in [0.717, 1.165) is 22.5 Å². The first kappa shape index (κ1) is 21.1. The van der Waals surface area contributed by atoms with Crippen LogP contribution in [0.2, 0.25) is 0 Å². The predicted octanol–water partition coefficient (Wildman–Crippen LogP) is 3.43. The number of ether oxygens (including phenoxy) is 1. The Labute approximate surface area is 180 Å². The molecule has 0 saturated carbocycles. The van der Waals surface area contributed by atoms with Gasteiger partial charge >= 0.3 is 0 Å². The first-order valence-corrected chi connectivity index (χ1v) is 10.2. The van der Waals surface area contributed by atoms with Gasteiger partial charge in [0.2, 0.25) is 5.91 Å². The standard InChI is InChI=1S/C23H25FN4O3/c1-15-8-18(10-17-4-3-5-19(24)11-17)12-20(25-15)21-13-28(6-7-30-21)14-23(29)26-22-9-16(2)31-27-22/h3-5,8-9,11-12,21H,6-7,10,13-14H2,1-2H3,(H,26,27,29)/t21-/m1/s1. The third kappa shape index (κ3) is 5.74. The fourth-order valence-electron chi connectivity index (χ4n) is 3.75. The number of hydrogen-bond acceptors (Lipinski definition) is 6. The number of rotatable bonds is 6. The van der Waals surface area contributed by atoms with E-state index in [0.29, 0.717) is 37.7 Å². The van der Waals surface area contributed by atoms with E-state index in [2.05, 4.69) is 15.5 Å². The van der Waals surface area contributed by atoms with Crippen molar-refractivity contribution in [1.29, 1.82) is 0 Å². The van der Waals surface area contributed by atoms with Gasteiger partial charge < -0.3 is 14.6 Å². The van der Waals surface area contributed by atoms with E-state index in [4.69, 9.17) is 9.26 Å². The molecule has 0 unspecified atom stereocenters. The molecule has 1 saturated heterocycles. The zero-order valence-corrected chi connectivity index (χ0v) is 17.6. The van der Waals surface area contributed by atoms with Gasteiger partial charge in [0.1, 0.15) is 17.7 Å². The fraction of sp³-hybridized carbons (Fsp3) is 0.348. The Balaban J connectivity index is 1.41. The van der Waals surface area contributed by atoms with Crippen molar-refractivity contribution in [2.45, 2.75) is 26.4 Å². The highest BCUT2D eigenvalue weighted by Gasteiger charge is 2.25. The van der Waals surface area contributed by atoms with Crippen LogP contribution in [-0.4, -0.2) is 47.2 Å². The summed E-state index contributed by atoms with van der Waals surface area (Å²) in [6.45, 7) is 5.66. The second kappa shape index (κ2) is 9.36. The van der Waals surface area contributed by atoms with Crippen LogP contribution in [0.3, 0.4) is 0 Å². The molecule has 0 radical (unpaired) electrons. The molecule has 1 amide bonds. The van der Waals surface area contributed by atoms with Crippen LogP contribution < -0.4 is 5.32 Å². The first-order chi connectivity index (χ1) is 14.9. The smallest absolute Gasteiger partial charge is 0.239 e. The summed E-state index contributed by atoms with van der Waals surface area (Å²) in [5.41, 5.74) is 3.66. The molecule has 0 aliphatic carbocycles. The normalized spacial score (nSPS) is 16.9. The molecule has 3 heterocycles. The number of halogens is 1. The van der Waals surface area contributed by atoms with E-state index < -0.39 is 0 Å². The minimum Gasteiger partial charge on any atom is -0.369 e. The third-order valence-corrected chi connectivity index (χ3v) is 5.07. The van der Waals surface area contributed by atoms with E-state index in [1.807, 2.05) is 30.0 Å². The van der Waals surface area contributed by atoms with Crippen LogP contribution in [-0.2, 0) is 16.0 Å². The Hall–Kier alpha value is -3.10. The number of benzene rings is 1. The van der Waals surface area contributed by atoms with Crippen molar-refractivity contribution < 1.29 is 18.4 Å². The van der Waals surface area contributed by atoms with E-state index >= 15 is 0 Å². The van der Waals surface area contributed by atoms with Gasteiger partial charge in [-0.3, -0.25) is 14.7 Å². The number of nitrogens with one attached hydrogen (secondary N) is 1. The maximum atomic E-state index is 13.5. The second-order valence-electron chi connectivity index (χ2n) is 7.81. The SMILES string of the molecule is Cc1cc(Cc2cccc(F)c2)cc([C@H]2CN(CC(=O)Nc3cc(C)on3)CCO2)n1. The van der Waals surface area contributed by atoms with Crippen molar-refractivity contribution >= 4 is 11.7 Å². The molecule has 0 bridgehead atoms. The number of carbonyl (C=O) groups excluding carboxylic acids is 1. The molecule has 162 valence electrons. The van der Waals surface area contributed by atoms with Crippen molar-refractivity contribution in [1.82, 2.24) is 15.0 Å². The molecule has 1 aromatic carbocycles. The number of nitrogens with zero attached hydrogens (tertiary/aromatic N) is 3. The number of morpholine rings is 1. The Morgan fingerprint density at radius 3 is 2.87 bits per heavy atom. The van der Waals surface area contributed by atoms with E-state index in [1.165, 1.54) is 6.07 Å². The molecular formula is C23H25FN4O3. The van der Waals surface area contributed by atoms with Gasteiger partial charge in [-0.05, 0) is 55.7 Å². The topological polar surface area (TPSA) is 80.5 Å². The van der Waals surface area contributed by atoms with Crippen LogP contribution in [0.1, 0.15) is 34.4 Å². The molecule has 31 heavy (non-hydrogen) atoms. The molecule has 4 rings (SSSR count). The minimum atomic E-state index is -0.242. The Morgan fingerprint density at radius 2 is 2.10 bits per heavy atom. The molecule has 1 N–H and O–H groups in total. The number of aromatic nitrogens is 2. The summed E-state index contributed by atoms with van der Waals surface area (Å²) >= 11 is 0. The molecule has 7 nitrogen and oxygen atoms in total. The summed E-state index contributed by atoms with van der Waals surface area (Å²) in [4.78, 5) is 19.0. The van der Waals surface area contributed by atoms with Gasteiger partial charge in [-0.1, -0.05) is 17.3 Å². The maximum absolute atomic E-state index is 13.5. The average Bonchev–Trinajstić information content (AvgIpc) is 3.12. The quantitative estimate of drug-likeness (QED) is 0.653. The summed E-state index contributed by atoms with van der Waals surface area (Å²) in [7, 11) is 0. The van der Waals surface area contributed by atoms with E-state index in [9.17, 15) is 9.18 Å². The molecule has 3 aromatic rings. The highest BCUT2D eigenvalue weighted by Crippen LogP contribution is 2.23. The lowest BCUT2D eigenvalue weighted by atomic mass is 10.0. The van der Waals surface area contributed by atoms with Gasteiger partial charge in [-0.15, -0.1) is 0 Å². The summed E-state index contributed by atoms with van der Waals surface area (Å²) < 4.78 is 24.5. The van der Waals surface area contributed by atoms with Crippen LogP contribution in [0.5, 0.6) is 0 Å². The molecule has 1 fully saturated rings. The first-order valence-electron chi connectivity index (χ1n) is 10.2. The Morgan fingerprint density at radius 1 is 1.23 bits per heavy atom. The van der Waals surface area contributed by atoms with Crippen molar-refractivity contribution in [2.75, 3.05) is 31.6 Å². The monoisotopic (exact) mass is 424 g/mol. The van der Waals surface area contributed by atoms with Gasteiger partial charge in [0.25, 0.3) is 0 Å². The summed E-state index contributed by atoms with van der Waals surface area (Å²) in [5.74, 6) is 0.655. The molecule has 1 aliphatic heterocycles. The van der Waals surface area contributed by atoms with E-state index in [1.54, 1.807) is 25.1 Å². The summed E-state index contributed by atoms with van der Waals surface area (Å²) in [5, 5.41) is 6.53. The molecule has 1 atom stereocenters. The van der Waals surface area contributed by atoms with E-state index in [-0.39, 0.29) is 24.4 Å². The zero-order valence-electron chi connectivity index (χ0n) is 17.6. The number of aryl methyl sites for hydroxylation is 2. The molecule has 0 spiro atoms. The van der Waals surface area contributed by atoms with Crippen molar-refractivity contribution in [3.63, 3.8) is 0 Å². The Bertz CT molecular complexity index is 1070. The second-order valence-corrected chi connectivity index (χ2v) is 7.81. The van der Waals surface area contributed by atoms with Crippen LogP contribution in [0.25, 0.3) is 0 Å². The number of carbonyl (C=O) groups is 1. The average molecular weight is 424 g/mol. The van der Waals surface area contributed by atoms with Gasteiger partial charge in [0.15, 0.2) is 5.82 Å². The lowest BCUT2D eigenvalue weighted by Crippen LogP contribution is -2.42. The largest absolute Gasteiger partial charge is 0.369 e.